The van der Waals surface area contributed by atoms with Gasteiger partial charge in [-0.25, -0.2) is 4.39 Å². The van der Waals surface area contributed by atoms with Crippen LogP contribution in [0.2, 0.25) is 5.02 Å². The van der Waals surface area contributed by atoms with Crippen molar-refractivity contribution in [1.82, 2.24) is 0 Å². The third-order valence-corrected chi connectivity index (χ3v) is 3.37. The van der Waals surface area contributed by atoms with Gasteiger partial charge in [-0.1, -0.05) is 27.5 Å². The zero-order chi connectivity index (χ0) is 14.7. The molecule has 2 rings (SSSR count). The number of ether oxygens (including phenoxy) is 1. The van der Waals surface area contributed by atoms with Crippen molar-refractivity contribution in [3.8, 4) is 5.75 Å². The zero-order valence-electron chi connectivity index (χ0n) is 10.4. The first-order valence-corrected chi connectivity index (χ1v) is 6.78. The van der Waals surface area contributed by atoms with Gasteiger partial charge in [0.2, 0.25) is 0 Å². The lowest BCUT2D eigenvalue weighted by atomic mass is 10.2. The van der Waals surface area contributed by atoms with Gasteiger partial charge in [-0.05, 0) is 36.4 Å². The lowest BCUT2D eigenvalue weighted by Crippen LogP contribution is -2.13. The molecule has 0 radical (unpaired) electrons. The SMILES string of the molecule is COc1ccc(Br)cc1C(=O)Nc1ccc(F)c(Cl)c1. The predicted molar refractivity (Wildman–Crippen MR) is 80.1 cm³/mol. The molecule has 0 saturated carbocycles. The fraction of sp³-hybridized carbons (Fsp3) is 0.0714. The highest BCUT2D eigenvalue weighted by Crippen LogP contribution is 2.25. The van der Waals surface area contributed by atoms with E-state index < -0.39 is 5.82 Å². The number of benzene rings is 2. The molecule has 2 aromatic carbocycles. The highest BCUT2D eigenvalue weighted by molar-refractivity contribution is 9.10. The maximum absolute atomic E-state index is 13.1. The summed E-state index contributed by atoms with van der Waals surface area (Å²) in [5.41, 5.74) is 0.769. The molecule has 0 aromatic heterocycles. The molecule has 104 valence electrons. The van der Waals surface area contributed by atoms with Crippen molar-refractivity contribution in [3.63, 3.8) is 0 Å². The van der Waals surface area contributed by atoms with Gasteiger partial charge >= 0.3 is 0 Å². The van der Waals surface area contributed by atoms with Crippen LogP contribution in [0.1, 0.15) is 10.4 Å². The molecule has 1 N–H and O–H groups in total. The van der Waals surface area contributed by atoms with Crippen molar-refractivity contribution in [1.29, 1.82) is 0 Å². The fourth-order valence-corrected chi connectivity index (χ4v) is 2.17. The number of methoxy groups -OCH3 is 1. The Labute approximate surface area is 128 Å². The second kappa shape index (κ2) is 6.24. The lowest BCUT2D eigenvalue weighted by Gasteiger charge is -2.10. The minimum atomic E-state index is -0.537. The Morgan fingerprint density at radius 3 is 2.70 bits per heavy atom. The van der Waals surface area contributed by atoms with Crippen LogP contribution in [0.5, 0.6) is 5.75 Å². The molecule has 0 unspecified atom stereocenters. The maximum atomic E-state index is 13.1. The van der Waals surface area contributed by atoms with Crippen molar-refractivity contribution in [2.75, 3.05) is 12.4 Å². The standard InChI is InChI=1S/C14H10BrClFNO2/c1-20-13-5-2-8(15)6-10(13)14(19)18-9-3-4-12(17)11(16)7-9/h2-7H,1H3,(H,18,19). The monoisotopic (exact) mass is 357 g/mol. The minimum absolute atomic E-state index is 0.0518. The second-order valence-electron chi connectivity index (χ2n) is 3.93. The van der Waals surface area contributed by atoms with Gasteiger partial charge in [-0.3, -0.25) is 4.79 Å². The van der Waals surface area contributed by atoms with Crippen LogP contribution in [-0.2, 0) is 0 Å². The molecule has 0 heterocycles. The molecule has 3 nitrogen and oxygen atoms in total. The molecular weight excluding hydrogens is 349 g/mol. The number of carbonyl (C=O) groups is 1. The number of halogens is 3. The molecule has 2 aromatic rings. The normalized spacial score (nSPS) is 10.2. The number of anilines is 1. The molecule has 1 amide bonds. The summed E-state index contributed by atoms with van der Waals surface area (Å²) in [4.78, 5) is 12.2. The molecule has 0 fully saturated rings. The molecule has 0 bridgehead atoms. The average Bonchev–Trinajstić information content (AvgIpc) is 2.43. The van der Waals surface area contributed by atoms with E-state index in [0.29, 0.717) is 17.0 Å². The Morgan fingerprint density at radius 2 is 2.05 bits per heavy atom. The summed E-state index contributed by atoms with van der Waals surface area (Å²) in [6.45, 7) is 0. The van der Waals surface area contributed by atoms with Crippen molar-refractivity contribution in [2.45, 2.75) is 0 Å². The predicted octanol–water partition coefficient (Wildman–Crippen LogP) is 4.50. The van der Waals surface area contributed by atoms with Gasteiger partial charge in [0.05, 0.1) is 17.7 Å². The van der Waals surface area contributed by atoms with Crippen molar-refractivity contribution >= 4 is 39.1 Å². The molecule has 0 saturated heterocycles. The average molecular weight is 359 g/mol. The Bertz CT molecular complexity index is 664. The molecule has 0 aliphatic heterocycles. The number of nitrogens with one attached hydrogen (secondary N) is 1. The van der Waals surface area contributed by atoms with E-state index in [1.807, 2.05) is 0 Å². The van der Waals surface area contributed by atoms with E-state index in [0.717, 1.165) is 4.47 Å². The lowest BCUT2D eigenvalue weighted by molar-refractivity contribution is 0.102. The van der Waals surface area contributed by atoms with E-state index in [2.05, 4.69) is 21.2 Å². The summed E-state index contributed by atoms with van der Waals surface area (Å²) < 4.78 is 18.9. The fourth-order valence-electron chi connectivity index (χ4n) is 1.63. The number of amides is 1. The van der Waals surface area contributed by atoms with E-state index in [1.165, 1.54) is 25.3 Å². The van der Waals surface area contributed by atoms with Crippen molar-refractivity contribution in [2.24, 2.45) is 0 Å². The highest BCUT2D eigenvalue weighted by atomic mass is 79.9. The molecule has 0 aliphatic rings. The summed E-state index contributed by atoms with van der Waals surface area (Å²) >= 11 is 8.96. The summed E-state index contributed by atoms with van der Waals surface area (Å²) in [6, 6.07) is 9.05. The van der Waals surface area contributed by atoms with E-state index in [1.54, 1.807) is 18.2 Å². The number of hydrogen-bond acceptors (Lipinski definition) is 2. The summed E-state index contributed by atoms with van der Waals surface area (Å²) in [7, 11) is 1.48. The van der Waals surface area contributed by atoms with Crippen LogP contribution >= 0.6 is 27.5 Å². The van der Waals surface area contributed by atoms with Crippen molar-refractivity contribution in [3.05, 3.63) is 57.3 Å². The first kappa shape index (κ1) is 14.8. The maximum Gasteiger partial charge on any atom is 0.259 e. The first-order chi connectivity index (χ1) is 9.51. The van der Waals surface area contributed by atoms with Crippen LogP contribution in [0.3, 0.4) is 0 Å². The molecule has 0 spiro atoms. The van der Waals surface area contributed by atoms with Crippen LogP contribution in [0.25, 0.3) is 0 Å². The number of carbonyl (C=O) groups excluding carboxylic acids is 1. The summed E-state index contributed by atoms with van der Waals surface area (Å²) in [6.07, 6.45) is 0. The highest BCUT2D eigenvalue weighted by Gasteiger charge is 2.13. The number of hydrogen-bond donors (Lipinski definition) is 1. The van der Waals surface area contributed by atoms with E-state index in [4.69, 9.17) is 16.3 Å². The van der Waals surface area contributed by atoms with E-state index in [9.17, 15) is 9.18 Å². The molecular formula is C14H10BrClFNO2. The quantitative estimate of drug-likeness (QED) is 0.877. The Morgan fingerprint density at radius 1 is 1.30 bits per heavy atom. The van der Waals surface area contributed by atoms with Gasteiger partial charge in [0.1, 0.15) is 11.6 Å². The van der Waals surface area contributed by atoms with Gasteiger partial charge in [0.15, 0.2) is 0 Å². The van der Waals surface area contributed by atoms with Gasteiger partial charge in [-0.2, -0.15) is 0 Å². The molecule has 20 heavy (non-hydrogen) atoms. The van der Waals surface area contributed by atoms with Crippen LogP contribution in [0.15, 0.2) is 40.9 Å². The largest absolute Gasteiger partial charge is 0.496 e. The third-order valence-electron chi connectivity index (χ3n) is 2.58. The van der Waals surface area contributed by atoms with Gasteiger partial charge < -0.3 is 10.1 Å². The second-order valence-corrected chi connectivity index (χ2v) is 5.25. The van der Waals surface area contributed by atoms with E-state index in [-0.39, 0.29) is 10.9 Å². The molecule has 0 aliphatic carbocycles. The smallest absolute Gasteiger partial charge is 0.259 e. The van der Waals surface area contributed by atoms with E-state index >= 15 is 0 Å². The van der Waals surface area contributed by atoms with Crippen LogP contribution in [0, 0.1) is 5.82 Å². The van der Waals surface area contributed by atoms with Crippen LogP contribution in [0.4, 0.5) is 10.1 Å². The topological polar surface area (TPSA) is 38.3 Å². The molecule has 6 heteroatoms. The van der Waals surface area contributed by atoms with Crippen LogP contribution in [-0.4, -0.2) is 13.0 Å². The van der Waals surface area contributed by atoms with Crippen LogP contribution < -0.4 is 10.1 Å². The first-order valence-electron chi connectivity index (χ1n) is 5.61. The van der Waals surface area contributed by atoms with Gasteiger partial charge in [0.25, 0.3) is 5.91 Å². The number of rotatable bonds is 3. The van der Waals surface area contributed by atoms with Gasteiger partial charge in [0, 0.05) is 10.2 Å². The van der Waals surface area contributed by atoms with Crippen molar-refractivity contribution < 1.29 is 13.9 Å². The zero-order valence-corrected chi connectivity index (χ0v) is 12.8. The Balaban J connectivity index is 2.27. The summed E-state index contributed by atoms with van der Waals surface area (Å²) in [5, 5.41) is 2.59. The Kier molecular flexibility index (Phi) is 4.62. The van der Waals surface area contributed by atoms with Gasteiger partial charge in [-0.15, -0.1) is 0 Å². The molecule has 0 atom stereocenters. The third kappa shape index (κ3) is 3.29. The minimum Gasteiger partial charge on any atom is -0.496 e. The summed E-state index contributed by atoms with van der Waals surface area (Å²) in [5.74, 6) is -0.463. The Hall–Kier alpha value is -1.59.